The zero-order valence-electron chi connectivity index (χ0n) is 16.4. The summed E-state index contributed by atoms with van der Waals surface area (Å²) in [5, 5.41) is 0. The molecule has 4 rings (SSSR count). The standard InChI is InChI=1S/C23H27N3O2/c1-18(22(27)26-12-11-19-7-5-6-10-21(19)17-26)24-13-15-25(16-14-24)23(28)20-8-3-2-4-9-20/h2-10,18H,11-17H2,1H3/p+1/t18-/m0/s1. The molecule has 5 heteroatoms. The van der Waals surface area contributed by atoms with Crippen LogP contribution in [0.2, 0.25) is 0 Å². The van der Waals surface area contributed by atoms with Crippen LogP contribution in [0.15, 0.2) is 54.6 Å². The lowest BCUT2D eigenvalue weighted by molar-refractivity contribution is -0.918. The highest BCUT2D eigenvalue weighted by Crippen LogP contribution is 2.18. The molecule has 2 amide bonds. The van der Waals surface area contributed by atoms with Crippen molar-refractivity contribution in [3.05, 3.63) is 71.3 Å². The summed E-state index contributed by atoms with van der Waals surface area (Å²) in [4.78, 5) is 30.9. The second-order valence-electron chi connectivity index (χ2n) is 7.82. The third kappa shape index (κ3) is 3.80. The monoisotopic (exact) mass is 378 g/mol. The van der Waals surface area contributed by atoms with Crippen molar-refractivity contribution < 1.29 is 14.5 Å². The number of fused-ring (bicyclic) bond motifs is 1. The quantitative estimate of drug-likeness (QED) is 0.866. The van der Waals surface area contributed by atoms with Crippen molar-refractivity contribution in [1.82, 2.24) is 9.80 Å². The number of hydrogen-bond acceptors (Lipinski definition) is 2. The fraction of sp³-hybridized carbons (Fsp3) is 0.391. The van der Waals surface area contributed by atoms with Gasteiger partial charge in [0.25, 0.3) is 11.8 Å². The van der Waals surface area contributed by atoms with Crippen LogP contribution in [0.4, 0.5) is 0 Å². The molecule has 2 aliphatic heterocycles. The first kappa shape index (κ1) is 18.7. The van der Waals surface area contributed by atoms with E-state index in [-0.39, 0.29) is 17.9 Å². The summed E-state index contributed by atoms with van der Waals surface area (Å²) in [5.74, 6) is 0.318. The number of rotatable bonds is 3. The van der Waals surface area contributed by atoms with Gasteiger partial charge in [-0.2, -0.15) is 0 Å². The van der Waals surface area contributed by atoms with Gasteiger partial charge in [-0.25, -0.2) is 0 Å². The molecule has 0 unspecified atom stereocenters. The average molecular weight is 378 g/mol. The zero-order valence-corrected chi connectivity index (χ0v) is 16.4. The topological polar surface area (TPSA) is 45.1 Å². The number of carbonyl (C=O) groups is 2. The number of nitrogens with one attached hydrogen (secondary N) is 1. The van der Waals surface area contributed by atoms with Gasteiger partial charge in [-0.15, -0.1) is 0 Å². The van der Waals surface area contributed by atoms with Crippen molar-refractivity contribution in [3.8, 4) is 0 Å². The summed E-state index contributed by atoms with van der Waals surface area (Å²) in [5.41, 5.74) is 3.37. The first-order valence-electron chi connectivity index (χ1n) is 10.2. The highest BCUT2D eigenvalue weighted by atomic mass is 16.2. The second-order valence-corrected chi connectivity index (χ2v) is 7.82. The van der Waals surface area contributed by atoms with E-state index in [1.54, 1.807) is 0 Å². The first-order valence-corrected chi connectivity index (χ1v) is 10.2. The molecule has 1 atom stereocenters. The Labute approximate surface area is 166 Å². The minimum absolute atomic E-state index is 0.0701. The lowest BCUT2D eigenvalue weighted by Crippen LogP contribution is -3.19. The van der Waals surface area contributed by atoms with Crippen molar-refractivity contribution in [2.45, 2.75) is 25.9 Å². The Bertz CT molecular complexity index is 844. The van der Waals surface area contributed by atoms with Crippen molar-refractivity contribution in [2.24, 2.45) is 0 Å². The maximum Gasteiger partial charge on any atom is 0.280 e. The normalized spacial score (nSPS) is 18.5. The van der Waals surface area contributed by atoms with E-state index in [1.807, 2.05) is 53.1 Å². The Hall–Kier alpha value is -2.66. The lowest BCUT2D eigenvalue weighted by atomic mass is 9.99. The van der Waals surface area contributed by atoms with Crippen LogP contribution in [0.5, 0.6) is 0 Å². The molecule has 0 spiro atoms. The Morgan fingerprint density at radius 1 is 0.857 bits per heavy atom. The molecular formula is C23H28N3O2+. The minimum Gasteiger partial charge on any atom is -0.333 e. The van der Waals surface area contributed by atoms with Gasteiger partial charge in [-0.3, -0.25) is 9.59 Å². The van der Waals surface area contributed by atoms with Crippen LogP contribution in [0.3, 0.4) is 0 Å². The highest BCUT2D eigenvalue weighted by molar-refractivity contribution is 5.94. The van der Waals surface area contributed by atoms with Crippen LogP contribution in [-0.4, -0.2) is 60.4 Å². The van der Waals surface area contributed by atoms with Gasteiger partial charge in [0.15, 0.2) is 6.04 Å². The molecule has 28 heavy (non-hydrogen) atoms. The van der Waals surface area contributed by atoms with E-state index in [0.717, 1.165) is 31.6 Å². The number of benzene rings is 2. The third-order valence-electron chi connectivity index (χ3n) is 6.14. The summed E-state index contributed by atoms with van der Waals surface area (Å²) in [6.07, 6.45) is 0.934. The summed E-state index contributed by atoms with van der Waals surface area (Å²) in [6.45, 7) is 6.57. The Morgan fingerprint density at radius 3 is 2.21 bits per heavy atom. The molecule has 0 aliphatic carbocycles. The van der Waals surface area contributed by atoms with E-state index in [0.29, 0.717) is 19.6 Å². The van der Waals surface area contributed by atoms with E-state index in [4.69, 9.17) is 0 Å². The molecule has 2 aromatic carbocycles. The van der Waals surface area contributed by atoms with Crippen LogP contribution >= 0.6 is 0 Å². The minimum atomic E-state index is -0.0701. The second kappa shape index (κ2) is 8.15. The van der Waals surface area contributed by atoms with E-state index < -0.39 is 0 Å². The predicted octanol–water partition coefficient (Wildman–Crippen LogP) is 1.00. The van der Waals surface area contributed by atoms with Crippen LogP contribution < -0.4 is 4.90 Å². The number of nitrogens with zero attached hydrogens (tertiary/aromatic N) is 2. The Kier molecular flexibility index (Phi) is 5.44. The number of amides is 2. The SMILES string of the molecule is C[C@@H](C(=O)N1CCc2ccccc2C1)[NH+]1CCN(C(=O)c2ccccc2)CC1. The predicted molar refractivity (Wildman–Crippen MR) is 108 cm³/mol. The molecule has 0 aromatic heterocycles. The number of carbonyl (C=O) groups excluding carboxylic acids is 2. The van der Waals surface area contributed by atoms with Gasteiger partial charge >= 0.3 is 0 Å². The van der Waals surface area contributed by atoms with E-state index in [2.05, 4.69) is 18.2 Å². The van der Waals surface area contributed by atoms with E-state index >= 15 is 0 Å². The first-order chi connectivity index (χ1) is 13.6. The molecular weight excluding hydrogens is 350 g/mol. The molecule has 1 N–H and O–H groups in total. The molecule has 2 aromatic rings. The number of hydrogen-bond donors (Lipinski definition) is 1. The largest absolute Gasteiger partial charge is 0.333 e. The lowest BCUT2D eigenvalue weighted by Gasteiger charge is -2.37. The third-order valence-corrected chi connectivity index (χ3v) is 6.14. The molecule has 1 fully saturated rings. The summed E-state index contributed by atoms with van der Waals surface area (Å²) < 4.78 is 0. The molecule has 0 saturated carbocycles. The Balaban J connectivity index is 1.33. The van der Waals surface area contributed by atoms with Gasteiger partial charge in [-0.05, 0) is 36.6 Å². The van der Waals surface area contributed by atoms with Crippen molar-refractivity contribution in [3.63, 3.8) is 0 Å². The van der Waals surface area contributed by atoms with Gasteiger partial charge in [0, 0.05) is 18.7 Å². The molecule has 2 heterocycles. The molecule has 0 radical (unpaired) electrons. The maximum absolute atomic E-state index is 13.1. The number of piperazine rings is 1. The average Bonchev–Trinajstić information content (AvgIpc) is 2.78. The van der Waals surface area contributed by atoms with Crippen LogP contribution in [0.1, 0.15) is 28.4 Å². The van der Waals surface area contributed by atoms with Gasteiger partial charge in [0.1, 0.15) is 0 Å². The van der Waals surface area contributed by atoms with Crippen molar-refractivity contribution >= 4 is 11.8 Å². The summed E-state index contributed by atoms with van der Waals surface area (Å²) in [7, 11) is 0. The van der Waals surface area contributed by atoms with Crippen LogP contribution in [0.25, 0.3) is 0 Å². The molecule has 1 saturated heterocycles. The van der Waals surface area contributed by atoms with Gasteiger partial charge < -0.3 is 14.7 Å². The number of quaternary nitrogens is 1. The fourth-order valence-electron chi connectivity index (χ4n) is 4.33. The van der Waals surface area contributed by atoms with Gasteiger partial charge in [0.05, 0.1) is 26.2 Å². The van der Waals surface area contributed by atoms with Crippen molar-refractivity contribution in [1.29, 1.82) is 0 Å². The van der Waals surface area contributed by atoms with Crippen LogP contribution in [0, 0.1) is 0 Å². The summed E-state index contributed by atoms with van der Waals surface area (Å²) >= 11 is 0. The van der Waals surface area contributed by atoms with Gasteiger partial charge in [0.2, 0.25) is 0 Å². The highest BCUT2D eigenvalue weighted by Gasteiger charge is 2.34. The molecule has 2 aliphatic rings. The van der Waals surface area contributed by atoms with Crippen molar-refractivity contribution in [2.75, 3.05) is 32.7 Å². The maximum atomic E-state index is 13.1. The van der Waals surface area contributed by atoms with E-state index in [9.17, 15) is 9.59 Å². The van der Waals surface area contributed by atoms with E-state index in [1.165, 1.54) is 16.0 Å². The molecule has 5 nitrogen and oxygen atoms in total. The smallest absolute Gasteiger partial charge is 0.280 e. The fourth-order valence-corrected chi connectivity index (χ4v) is 4.33. The molecule has 146 valence electrons. The molecule has 0 bridgehead atoms. The zero-order chi connectivity index (χ0) is 19.5. The van der Waals surface area contributed by atoms with Crippen LogP contribution in [-0.2, 0) is 17.8 Å². The Morgan fingerprint density at radius 2 is 1.50 bits per heavy atom. The summed E-state index contributed by atoms with van der Waals surface area (Å²) in [6, 6.07) is 17.8. The van der Waals surface area contributed by atoms with Gasteiger partial charge in [-0.1, -0.05) is 42.5 Å².